The molecule has 0 saturated carbocycles. The van der Waals surface area contributed by atoms with E-state index >= 15 is 0 Å². The maximum absolute atomic E-state index is 10.9. The lowest BCUT2D eigenvalue weighted by Gasteiger charge is -2.01. The van der Waals surface area contributed by atoms with Crippen molar-refractivity contribution in [3.05, 3.63) is 39.8 Å². The fraction of sp³-hybridized carbons (Fsp3) is 0.222. The first-order valence-corrected chi connectivity index (χ1v) is 4.91. The first-order valence-electron chi connectivity index (χ1n) is 4.91. The number of aromatic nitrogens is 4. The Bertz CT molecular complexity index is 614. The predicted molar refractivity (Wildman–Crippen MR) is 58.2 cm³/mol. The Kier molecular flexibility index (Phi) is 2.80. The number of aryl methyl sites for hydroxylation is 1. The molecule has 0 aliphatic rings. The third-order valence-corrected chi connectivity index (χ3v) is 2.42. The SMILES string of the molecule is Cn1ncc(C(=O)O)c1Cn1ccc([N+](=O)[O-])n1. The molecule has 0 aromatic carbocycles. The number of hydrogen-bond acceptors (Lipinski definition) is 5. The summed E-state index contributed by atoms with van der Waals surface area (Å²) in [4.78, 5) is 20.8. The van der Waals surface area contributed by atoms with Gasteiger partial charge in [-0.25, -0.2) is 4.79 Å². The van der Waals surface area contributed by atoms with Crippen molar-refractivity contribution in [2.75, 3.05) is 0 Å². The normalized spacial score (nSPS) is 10.5. The number of aromatic carboxylic acids is 1. The van der Waals surface area contributed by atoms with Gasteiger partial charge >= 0.3 is 11.8 Å². The summed E-state index contributed by atoms with van der Waals surface area (Å²) in [6, 6.07) is 1.25. The molecule has 0 aliphatic carbocycles. The van der Waals surface area contributed by atoms with Crippen LogP contribution in [0.3, 0.4) is 0 Å². The van der Waals surface area contributed by atoms with Crippen molar-refractivity contribution in [1.82, 2.24) is 19.6 Å². The summed E-state index contributed by atoms with van der Waals surface area (Å²) in [7, 11) is 1.60. The lowest BCUT2D eigenvalue weighted by Crippen LogP contribution is -2.10. The molecule has 2 aromatic rings. The van der Waals surface area contributed by atoms with Gasteiger partial charge in [0.25, 0.3) is 0 Å². The summed E-state index contributed by atoms with van der Waals surface area (Å²) in [6.07, 6.45) is 2.65. The Hall–Kier alpha value is -2.71. The smallest absolute Gasteiger partial charge is 0.389 e. The highest BCUT2D eigenvalue weighted by atomic mass is 16.6. The summed E-state index contributed by atoms with van der Waals surface area (Å²) >= 11 is 0. The molecule has 9 heteroatoms. The van der Waals surface area contributed by atoms with Crippen LogP contribution in [0.2, 0.25) is 0 Å². The summed E-state index contributed by atoms with van der Waals surface area (Å²) < 4.78 is 2.69. The molecule has 2 rings (SSSR count). The second-order valence-electron chi connectivity index (χ2n) is 3.56. The third kappa shape index (κ3) is 2.05. The fourth-order valence-electron chi connectivity index (χ4n) is 1.52. The second-order valence-corrected chi connectivity index (χ2v) is 3.56. The van der Waals surface area contributed by atoms with Gasteiger partial charge < -0.3 is 15.2 Å². The Balaban J connectivity index is 2.30. The number of carboxylic acids is 1. The summed E-state index contributed by atoms with van der Waals surface area (Å²) in [5.41, 5.74) is 0.469. The first-order chi connectivity index (χ1) is 8.49. The molecule has 0 radical (unpaired) electrons. The van der Waals surface area contributed by atoms with Gasteiger partial charge in [-0.2, -0.15) is 9.78 Å². The van der Waals surface area contributed by atoms with Crippen molar-refractivity contribution in [3.63, 3.8) is 0 Å². The summed E-state index contributed by atoms with van der Waals surface area (Å²) in [5.74, 6) is -1.38. The van der Waals surface area contributed by atoms with Gasteiger partial charge in [0.05, 0.1) is 29.3 Å². The molecule has 1 N–H and O–H groups in total. The van der Waals surface area contributed by atoms with Gasteiger partial charge in [0.1, 0.15) is 12.1 Å². The van der Waals surface area contributed by atoms with Crippen molar-refractivity contribution >= 4 is 11.8 Å². The molecule has 0 amide bonds. The molecule has 9 nitrogen and oxygen atoms in total. The van der Waals surface area contributed by atoms with Gasteiger partial charge in [-0.05, 0) is 4.92 Å². The van der Waals surface area contributed by atoms with Gasteiger partial charge in [0, 0.05) is 7.05 Å². The van der Waals surface area contributed by atoms with Crippen LogP contribution in [0.5, 0.6) is 0 Å². The standard InChI is InChI=1S/C9H9N5O4/c1-12-7(6(4-10-12)9(15)16)5-13-3-2-8(11-13)14(17)18/h2-4H,5H2,1H3,(H,15,16). The molecule has 0 fully saturated rings. The highest BCUT2D eigenvalue weighted by Gasteiger charge is 2.18. The Morgan fingerprint density at radius 3 is 2.89 bits per heavy atom. The van der Waals surface area contributed by atoms with Gasteiger partial charge in [-0.15, -0.1) is 0 Å². The molecule has 0 unspecified atom stereocenters. The van der Waals surface area contributed by atoms with E-state index in [0.717, 1.165) is 0 Å². The minimum absolute atomic E-state index is 0.0515. The van der Waals surface area contributed by atoms with Crippen LogP contribution in [0.1, 0.15) is 16.1 Å². The van der Waals surface area contributed by atoms with Crippen molar-refractivity contribution in [1.29, 1.82) is 0 Å². The van der Waals surface area contributed by atoms with E-state index < -0.39 is 10.9 Å². The predicted octanol–water partition coefficient (Wildman–Crippen LogP) is 0.271. The lowest BCUT2D eigenvalue weighted by molar-refractivity contribution is -0.389. The minimum Gasteiger partial charge on any atom is -0.478 e. The van der Waals surface area contributed by atoms with Crippen LogP contribution in [0, 0.1) is 10.1 Å². The zero-order valence-electron chi connectivity index (χ0n) is 9.35. The first kappa shape index (κ1) is 11.8. The Morgan fingerprint density at radius 2 is 2.33 bits per heavy atom. The van der Waals surface area contributed by atoms with Crippen LogP contribution >= 0.6 is 0 Å². The van der Waals surface area contributed by atoms with E-state index in [-0.39, 0.29) is 17.9 Å². The van der Waals surface area contributed by atoms with Crippen molar-refractivity contribution in [2.45, 2.75) is 6.54 Å². The number of carbonyl (C=O) groups is 1. The number of nitrogens with zero attached hydrogens (tertiary/aromatic N) is 5. The summed E-state index contributed by atoms with van der Waals surface area (Å²) in [6.45, 7) is 0.103. The van der Waals surface area contributed by atoms with Crippen molar-refractivity contribution < 1.29 is 14.8 Å². The van der Waals surface area contributed by atoms with Crippen LogP contribution < -0.4 is 0 Å². The third-order valence-electron chi connectivity index (χ3n) is 2.42. The van der Waals surface area contributed by atoms with Gasteiger partial charge in [0.15, 0.2) is 0 Å². The van der Waals surface area contributed by atoms with Crippen LogP contribution in [-0.2, 0) is 13.6 Å². The fourth-order valence-corrected chi connectivity index (χ4v) is 1.52. The molecule has 0 atom stereocenters. The molecule has 0 aliphatic heterocycles. The van der Waals surface area contributed by atoms with E-state index in [4.69, 9.17) is 5.11 Å². The molecule has 2 aromatic heterocycles. The maximum atomic E-state index is 10.9. The molecule has 18 heavy (non-hydrogen) atoms. The number of rotatable bonds is 4. The van der Waals surface area contributed by atoms with Crippen LogP contribution in [0.4, 0.5) is 5.82 Å². The van der Waals surface area contributed by atoms with Crippen LogP contribution in [0.15, 0.2) is 18.5 Å². The Labute approximate surface area is 100 Å². The molecule has 94 valence electrons. The van der Waals surface area contributed by atoms with Gasteiger partial charge in [-0.1, -0.05) is 0 Å². The van der Waals surface area contributed by atoms with Crippen molar-refractivity contribution in [3.8, 4) is 0 Å². The van der Waals surface area contributed by atoms with E-state index in [0.29, 0.717) is 5.69 Å². The monoisotopic (exact) mass is 251 g/mol. The highest BCUT2D eigenvalue weighted by Crippen LogP contribution is 2.11. The van der Waals surface area contributed by atoms with Crippen molar-refractivity contribution in [2.24, 2.45) is 7.05 Å². The van der Waals surface area contributed by atoms with Gasteiger partial charge in [-0.3, -0.25) is 4.68 Å². The zero-order chi connectivity index (χ0) is 13.3. The minimum atomic E-state index is -1.10. The molecular formula is C9H9N5O4. The number of nitro groups is 1. The zero-order valence-corrected chi connectivity index (χ0v) is 9.35. The molecule has 2 heterocycles. The Morgan fingerprint density at radius 1 is 1.61 bits per heavy atom. The average molecular weight is 251 g/mol. The largest absolute Gasteiger partial charge is 0.478 e. The molecule has 0 saturated heterocycles. The van der Waals surface area contributed by atoms with E-state index in [9.17, 15) is 14.9 Å². The van der Waals surface area contributed by atoms with Crippen LogP contribution in [-0.4, -0.2) is 35.6 Å². The van der Waals surface area contributed by atoms with E-state index in [1.807, 2.05) is 0 Å². The maximum Gasteiger partial charge on any atom is 0.389 e. The average Bonchev–Trinajstić information content (AvgIpc) is 2.88. The summed E-state index contributed by atoms with van der Waals surface area (Å²) in [5, 5.41) is 27.0. The molecular weight excluding hydrogens is 242 g/mol. The van der Waals surface area contributed by atoms with E-state index in [1.54, 1.807) is 7.05 Å². The molecule has 0 bridgehead atoms. The molecule has 0 spiro atoms. The lowest BCUT2D eigenvalue weighted by atomic mass is 10.2. The number of carboxylic acid groups (broad SMARTS) is 1. The van der Waals surface area contributed by atoms with E-state index in [1.165, 1.54) is 27.8 Å². The highest BCUT2D eigenvalue weighted by molar-refractivity contribution is 5.88. The van der Waals surface area contributed by atoms with Crippen LogP contribution in [0.25, 0.3) is 0 Å². The van der Waals surface area contributed by atoms with Gasteiger partial charge in [0.2, 0.25) is 0 Å². The second kappa shape index (κ2) is 4.28. The quantitative estimate of drug-likeness (QED) is 0.615. The topological polar surface area (TPSA) is 116 Å². The van der Waals surface area contributed by atoms with E-state index in [2.05, 4.69) is 10.2 Å². The number of hydrogen-bond donors (Lipinski definition) is 1.